The molecule has 3 aromatic rings. The number of para-hydroxylation sites is 1. The lowest BCUT2D eigenvalue weighted by atomic mass is 10.1. The van der Waals surface area contributed by atoms with Crippen LogP contribution in [0.3, 0.4) is 0 Å². The van der Waals surface area contributed by atoms with E-state index in [-0.39, 0.29) is 12.4 Å². The van der Waals surface area contributed by atoms with Crippen LogP contribution in [0.5, 0.6) is 0 Å². The van der Waals surface area contributed by atoms with E-state index in [1.165, 1.54) is 12.1 Å². The average molecular weight is 283 g/mol. The number of aliphatic hydroxyl groups excluding tert-OH is 1. The first kappa shape index (κ1) is 13.5. The summed E-state index contributed by atoms with van der Waals surface area (Å²) in [6, 6.07) is 14.2. The zero-order valence-corrected chi connectivity index (χ0v) is 11.5. The third-order valence-electron chi connectivity index (χ3n) is 3.19. The fraction of sp³-hybridized carbons (Fsp3) is 0.125. The standard InChI is InChI=1S/C16H14FN3O/c1-11-7-12(9-13(17)8-11)16-19-18-15(10-21)20(16)14-5-3-2-4-6-14/h2-9,21H,10H2,1H3. The second-order valence-corrected chi connectivity index (χ2v) is 4.79. The van der Waals surface area contributed by atoms with Gasteiger partial charge in [-0.2, -0.15) is 0 Å². The van der Waals surface area contributed by atoms with Crippen molar-refractivity contribution in [3.8, 4) is 17.1 Å². The minimum atomic E-state index is -0.321. The molecule has 2 aromatic carbocycles. The van der Waals surface area contributed by atoms with Crippen LogP contribution in [0.4, 0.5) is 4.39 Å². The van der Waals surface area contributed by atoms with Gasteiger partial charge in [-0.3, -0.25) is 4.57 Å². The Morgan fingerprint density at radius 2 is 1.86 bits per heavy atom. The van der Waals surface area contributed by atoms with Crippen molar-refractivity contribution in [2.75, 3.05) is 0 Å². The van der Waals surface area contributed by atoms with Gasteiger partial charge in [0, 0.05) is 11.3 Å². The van der Waals surface area contributed by atoms with Crippen molar-refractivity contribution >= 4 is 0 Å². The molecule has 0 aliphatic carbocycles. The van der Waals surface area contributed by atoms with Crippen molar-refractivity contribution in [3.63, 3.8) is 0 Å². The van der Waals surface area contributed by atoms with Crippen molar-refractivity contribution < 1.29 is 9.50 Å². The second kappa shape index (κ2) is 5.46. The van der Waals surface area contributed by atoms with E-state index in [2.05, 4.69) is 10.2 Å². The molecule has 0 unspecified atom stereocenters. The summed E-state index contributed by atoms with van der Waals surface area (Å²) < 4.78 is 15.4. The molecule has 21 heavy (non-hydrogen) atoms. The lowest BCUT2D eigenvalue weighted by Gasteiger charge is -2.10. The molecule has 0 bridgehead atoms. The Morgan fingerprint density at radius 1 is 1.10 bits per heavy atom. The molecule has 0 saturated heterocycles. The first-order valence-corrected chi connectivity index (χ1v) is 6.57. The van der Waals surface area contributed by atoms with E-state index in [9.17, 15) is 9.50 Å². The van der Waals surface area contributed by atoms with Gasteiger partial charge in [0.25, 0.3) is 0 Å². The van der Waals surface area contributed by atoms with Gasteiger partial charge < -0.3 is 5.11 Å². The van der Waals surface area contributed by atoms with Crippen molar-refractivity contribution in [1.82, 2.24) is 14.8 Å². The number of benzene rings is 2. The van der Waals surface area contributed by atoms with Crippen LogP contribution in [0.15, 0.2) is 48.5 Å². The van der Waals surface area contributed by atoms with E-state index < -0.39 is 0 Å². The normalized spacial score (nSPS) is 10.8. The predicted octanol–water partition coefficient (Wildman–Crippen LogP) is 2.87. The summed E-state index contributed by atoms with van der Waals surface area (Å²) in [6.07, 6.45) is 0. The number of aliphatic hydroxyl groups is 1. The summed E-state index contributed by atoms with van der Waals surface area (Å²) >= 11 is 0. The summed E-state index contributed by atoms with van der Waals surface area (Å²) in [4.78, 5) is 0. The number of rotatable bonds is 3. The summed E-state index contributed by atoms with van der Waals surface area (Å²) in [5.74, 6) is 0.601. The molecular weight excluding hydrogens is 269 g/mol. The van der Waals surface area contributed by atoms with E-state index in [1.54, 1.807) is 4.57 Å². The highest BCUT2D eigenvalue weighted by Crippen LogP contribution is 2.24. The second-order valence-electron chi connectivity index (χ2n) is 4.79. The third kappa shape index (κ3) is 2.55. The molecule has 0 amide bonds. The van der Waals surface area contributed by atoms with Crippen LogP contribution in [-0.4, -0.2) is 19.9 Å². The van der Waals surface area contributed by atoms with Crippen LogP contribution in [0, 0.1) is 12.7 Å². The Kier molecular flexibility index (Phi) is 3.50. The fourth-order valence-corrected chi connectivity index (χ4v) is 2.32. The molecule has 1 heterocycles. The minimum absolute atomic E-state index is 0.240. The summed E-state index contributed by atoms with van der Waals surface area (Å²) in [5, 5.41) is 17.5. The molecule has 0 aliphatic rings. The monoisotopic (exact) mass is 283 g/mol. The molecule has 3 rings (SSSR count). The lowest BCUT2D eigenvalue weighted by Crippen LogP contribution is -2.03. The number of nitrogens with zero attached hydrogens (tertiary/aromatic N) is 3. The van der Waals surface area contributed by atoms with Gasteiger partial charge in [-0.15, -0.1) is 10.2 Å². The van der Waals surface area contributed by atoms with E-state index in [0.717, 1.165) is 11.3 Å². The van der Waals surface area contributed by atoms with Crippen LogP contribution in [0.2, 0.25) is 0 Å². The topological polar surface area (TPSA) is 50.9 Å². The number of aryl methyl sites for hydroxylation is 1. The van der Waals surface area contributed by atoms with E-state index in [4.69, 9.17) is 0 Å². The Balaban J connectivity index is 2.22. The van der Waals surface area contributed by atoms with Crippen LogP contribution >= 0.6 is 0 Å². The quantitative estimate of drug-likeness (QED) is 0.804. The van der Waals surface area contributed by atoms with Crippen molar-refractivity contribution in [3.05, 3.63) is 65.7 Å². The van der Waals surface area contributed by atoms with Gasteiger partial charge in [-0.1, -0.05) is 18.2 Å². The highest BCUT2D eigenvalue weighted by molar-refractivity contribution is 5.59. The largest absolute Gasteiger partial charge is 0.388 e. The zero-order chi connectivity index (χ0) is 14.8. The molecule has 0 spiro atoms. The van der Waals surface area contributed by atoms with Crippen LogP contribution < -0.4 is 0 Å². The molecule has 1 aromatic heterocycles. The molecule has 0 saturated carbocycles. The van der Waals surface area contributed by atoms with Gasteiger partial charge >= 0.3 is 0 Å². The van der Waals surface area contributed by atoms with Gasteiger partial charge in [0.05, 0.1) is 0 Å². The Bertz CT molecular complexity index is 748. The average Bonchev–Trinajstić information content (AvgIpc) is 2.91. The number of hydrogen-bond acceptors (Lipinski definition) is 3. The summed E-state index contributed by atoms with van der Waals surface area (Å²) in [6.45, 7) is 1.58. The van der Waals surface area contributed by atoms with E-state index in [0.29, 0.717) is 17.2 Å². The van der Waals surface area contributed by atoms with Crippen LogP contribution in [0.25, 0.3) is 17.1 Å². The van der Waals surface area contributed by atoms with Gasteiger partial charge in [0.15, 0.2) is 11.6 Å². The summed E-state index contributed by atoms with van der Waals surface area (Å²) in [5.41, 5.74) is 2.25. The van der Waals surface area contributed by atoms with Crippen molar-refractivity contribution in [2.45, 2.75) is 13.5 Å². The van der Waals surface area contributed by atoms with Crippen molar-refractivity contribution in [2.24, 2.45) is 0 Å². The predicted molar refractivity (Wildman–Crippen MR) is 77.4 cm³/mol. The highest BCUT2D eigenvalue weighted by atomic mass is 19.1. The molecule has 0 aliphatic heterocycles. The van der Waals surface area contributed by atoms with E-state index in [1.807, 2.05) is 43.3 Å². The smallest absolute Gasteiger partial charge is 0.168 e. The maximum absolute atomic E-state index is 13.6. The van der Waals surface area contributed by atoms with Gasteiger partial charge in [0.2, 0.25) is 0 Å². The molecule has 5 heteroatoms. The first-order valence-electron chi connectivity index (χ1n) is 6.57. The van der Waals surface area contributed by atoms with Crippen LogP contribution in [0.1, 0.15) is 11.4 Å². The molecule has 106 valence electrons. The Labute approximate surface area is 121 Å². The number of aromatic nitrogens is 3. The molecule has 1 N–H and O–H groups in total. The molecule has 0 atom stereocenters. The van der Waals surface area contributed by atoms with Gasteiger partial charge in [-0.25, -0.2) is 4.39 Å². The fourth-order valence-electron chi connectivity index (χ4n) is 2.32. The van der Waals surface area contributed by atoms with Gasteiger partial charge in [-0.05, 0) is 42.8 Å². The SMILES string of the molecule is Cc1cc(F)cc(-c2nnc(CO)n2-c2ccccc2)c1. The Morgan fingerprint density at radius 3 is 2.52 bits per heavy atom. The van der Waals surface area contributed by atoms with Gasteiger partial charge in [0.1, 0.15) is 12.4 Å². The molecule has 4 nitrogen and oxygen atoms in total. The summed E-state index contributed by atoms with van der Waals surface area (Å²) in [7, 11) is 0. The highest BCUT2D eigenvalue weighted by Gasteiger charge is 2.15. The lowest BCUT2D eigenvalue weighted by molar-refractivity contribution is 0.269. The first-order chi connectivity index (χ1) is 10.2. The molecular formula is C16H14FN3O. The maximum atomic E-state index is 13.6. The minimum Gasteiger partial charge on any atom is -0.388 e. The molecule has 0 radical (unpaired) electrons. The zero-order valence-electron chi connectivity index (χ0n) is 11.5. The Hall–Kier alpha value is -2.53. The maximum Gasteiger partial charge on any atom is 0.168 e. The number of halogens is 1. The van der Waals surface area contributed by atoms with Crippen molar-refractivity contribution in [1.29, 1.82) is 0 Å². The third-order valence-corrected chi connectivity index (χ3v) is 3.19. The van der Waals surface area contributed by atoms with E-state index >= 15 is 0 Å². The number of hydrogen-bond donors (Lipinski definition) is 1. The van der Waals surface area contributed by atoms with Crippen LogP contribution in [-0.2, 0) is 6.61 Å². The molecule has 0 fully saturated rings.